The number of amides is 1. The van der Waals surface area contributed by atoms with Crippen molar-refractivity contribution in [2.75, 3.05) is 5.32 Å². The first-order valence-corrected chi connectivity index (χ1v) is 5.58. The summed E-state index contributed by atoms with van der Waals surface area (Å²) in [4.78, 5) is 9.86. The summed E-state index contributed by atoms with van der Waals surface area (Å²) in [7, 11) is 0. The minimum absolute atomic E-state index is 0.662. The van der Waals surface area contributed by atoms with Gasteiger partial charge >= 0.3 is 0 Å². The minimum Gasteiger partial charge on any atom is -0.329 e. The van der Waals surface area contributed by atoms with E-state index in [2.05, 4.69) is 12.2 Å². The fourth-order valence-corrected chi connectivity index (χ4v) is 0.769. The number of benzene rings is 1. The van der Waals surface area contributed by atoms with Crippen LogP contribution < -0.4 is 5.32 Å². The van der Waals surface area contributed by atoms with Gasteiger partial charge in [-0.15, -0.1) is 0 Å². The lowest BCUT2D eigenvalue weighted by molar-refractivity contribution is -0.105. The molecule has 0 bridgehead atoms. The Hall–Kier alpha value is -1.31. The second-order valence-corrected chi connectivity index (χ2v) is 3.31. The number of para-hydroxylation sites is 1. The summed E-state index contributed by atoms with van der Waals surface area (Å²) < 4.78 is 0. The van der Waals surface area contributed by atoms with Crippen LogP contribution in [0.25, 0.3) is 0 Å². The van der Waals surface area contributed by atoms with Crippen LogP contribution in [-0.4, -0.2) is 6.41 Å². The number of nitrogens with one attached hydrogen (secondary N) is 1. The number of anilines is 1. The second kappa shape index (κ2) is 9.25. The molecule has 1 aliphatic carbocycles. The summed E-state index contributed by atoms with van der Waals surface area (Å²) in [5, 5.41) is 2.53. The first-order chi connectivity index (χ1) is 7.33. The third-order valence-corrected chi connectivity index (χ3v) is 1.87. The molecule has 1 aromatic carbocycles. The van der Waals surface area contributed by atoms with E-state index in [0.717, 1.165) is 11.6 Å². The number of hydrogen-bond acceptors (Lipinski definition) is 1. The van der Waals surface area contributed by atoms with Crippen molar-refractivity contribution in [3.63, 3.8) is 0 Å². The average molecular weight is 207 g/mol. The lowest BCUT2D eigenvalue weighted by Crippen LogP contribution is -1.91. The van der Waals surface area contributed by atoms with Gasteiger partial charge in [-0.05, 0) is 18.1 Å². The van der Waals surface area contributed by atoms with Gasteiger partial charge in [-0.3, -0.25) is 4.79 Å². The van der Waals surface area contributed by atoms with E-state index in [1.807, 2.05) is 44.2 Å². The van der Waals surface area contributed by atoms with Gasteiger partial charge < -0.3 is 5.32 Å². The molecule has 15 heavy (non-hydrogen) atoms. The van der Waals surface area contributed by atoms with Gasteiger partial charge in [0, 0.05) is 5.69 Å². The zero-order valence-electron chi connectivity index (χ0n) is 9.86. The first-order valence-electron chi connectivity index (χ1n) is 5.58. The van der Waals surface area contributed by atoms with Crippen molar-refractivity contribution in [3.05, 3.63) is 30.3 Å². The van der Waals surface area contributed by atoms with E-state index in [0.29, 0.717) is 6.41 Å². The van der Waals surface area contributed by atoms with Crippen LogP contribution in [0, 0.1) is 5.92 Å². The fourth-order valence-electron chi connectivity index (χ4n) is 0.769. The van der Waals surface area contributed by atoms with Gasteiger partial charge in [-0.2, -0.15) is 0 Å². The highest BCUT2D eigenvalue weighted by Crippen LogP contribution is 2.26. The van der Waals surface area contributed by atoms with Crippen LogP contribution in [0.15, 0.2) is 30.3 Å². The minimum atomic E-state index is 0.662. The third kappa shape index (κ3) is 9.01. The lowest BCUT2D eigenvalue weighted by atomic mass is 10.3. The Morgan fingerprint density at radius 1 is 1.20 bits per heavy atom. The molecule has 1 fully saturated rings. The molecule has 0 aliphatic heterocycles. The molecular formula is C13H21NO. The number of carbonyl (C=O) groups excluding carboxylic acids is 1. The third-order valence-electron chi connectivity index (χ3n) is 1.87. The molecule has 1 amide bonds. The van der Waals surface area contributed by atoms with Crippen LogP contribution in [0.3, 0.4) is 0 Å². The fraction of sp³-hybridized carbons (Fsp3) is 0.462. The van der Waals surface area contributed by atoms with Gasteiger partial charge in [-0.1, -0.05) is 51.8 Å². The Morgan fingerprint density at radius 3 is 2.00 bits per heavy atom. The van der Waals surface area contributed by atoms with Crippen molar-refractivity contribution in [1.29, 1.82) is 0 Å². The molecule has 2 rings (SSSR count). The molecule has 1 aliphatic rings. The van der Waals surface area contributed by atoms with Crippen LogP contribution in [0.5, 0.6) is 0 Å². The molecule has 0 radical (unpaired) electrons. The quantitative estimate of drug-likeness (QED) is 0.736. The van der Waals surface area contributed by atoms with Crippen molar-refractivity contribution in [2.45, 2.75) is 33.6 Å². The number of carbonyl (C=O) groups is 1. The Labute approximate surface area is 92.7 Å². The summed E-state index contributed by atoms with van der Waals surface area (Å²) in [6.07, 6.45) is 3.63. The molecule has 0 unspecified atom stereocenters. The Kier molecular flexibility index (Phi) is 8.44. The van der Waals surface area contributed by atoms with E-state index in [1.54, 1.807) is 0 Å². The summed E-state index contributed by atoms with van der Waals surface area (Å²) in [5.74, 6) is 1.08. The van der Waals surface area contributed by atoms with Gasteiger partial charge in [0.1, 0.15) is 0 Å². The largest absolute Gasteiger partial charge is 0.329 e. The molecule has 0 spiro atoms. The highest BCUT2D eigenvalue weighted by Gasteiger charge is 2.12. The van der Waals surface area contributed by atoms with Crippen molar-refractivity contribution < 1.29 is 4.79 Å². The predicted octanol–water partition coefficient (Wildman–Crippen LogP) is 3.70. The van der Waals surface area contributed by atoms with E-state index in [-0.39, 0.29) is 0 Å². The first kappa shape index (κ1) is 13.7. The molecule has 0 aromatic heterocycles. The van der Waals surface area contributed by atoms with Crippen LogP contribution in [-0.2, 0) is 4.79 Å². The molecular weight excluding hydrogens is 186 g/mol. The van der Waals surface area contributed by atoms with E-state index >= 15 is 0 Å². The van der Waals surface area contributed by atoms with Crippen LogP contribution in [0.1, 0.15) is 33.6 Å². The molecule has 0 heterocycles. The lowest BCUT2D eigenvalue weighted by Gasteiger charge is -1.93. The topological polar surface area (TPSA) is 29.1 Å². The zero-order chi connectivity index (χ0) is 11.5. The van der Waals surface area contributed by atoms with E-state index in [9.17, 15) is 4.79 Å². The van der Waals surface area contributed by atoms with E-state index < -0.39 is 0 Å². The van der Waals surface area contributed by atoms with Crippen molar-refractivity contribution >= 4 is 12.1 Å². The van der Waals surface area contributed by atoms with Crippen molar-refractivity contribution in [1.82, 2.24) is 0 Å². The second-order valence-electron chi connectivity index (χ2n) is 3.31. The predicted molar refractivity (Wildman–Crippen MR) is 65.9 cm³/mol. The average Bonchev–Trinajstić information content (AvgIpc) is 3.07. The number of rotatable bonds is 2. The summed E-state index contributed by atoms with van der Waals surface area (Å²) in [6.45, 7) is 6.28. The number of hydrogen-bond donors (Lipinski definition) is 1. The summed E-state index contributed by atoms with van der Waals surface area (Å²) in [6, 6.07) is 9.29. The van der Waals surface area contributed by atoms with E-state index in [1.165, 1.54) is 12.8 Å². The van der Waals surface area contributed by atoms with E-state index in [4.69, 9.17) is 0 Å². The van der Waals surface area contributed by atoms with Crippen molar-refractivity contribution in [2.24, 2.45) is 5.92 Å². The summed E-state index contributed by atoms with van der Waals surface area (Å²) in [5.41, 5.74) is 0.826. The van der Waals surface area contributed by atoms with Gasteiger partial charge in [0.25, 0.3) is 0 Å². The molecule has 0 atom stereocenters. The van der Waals surface area contributed by atoms with Crippen LogP contribution in [0.4, 0.5) is 5.69 Å². The molecule has 2 nitrogen and oxygen atoms in total. The van der Waals surface area contributed by atoms with Gasteiger partial charge in [0.15, 0.2) is 0 Å². The van der Waals surface area contributed by atoms with Gasteiger partial charge in [-0.25, -0.2) is 0 Å². The highest BCUT2D eigenvalue weighted by atomic mass is 16.1. The molecule has 84 valence electrons. The maximum Gasteiger partial charge on any atom is 0.211 e. The van der Waals surface area contributed by atoms with Crippen LogP contribution in [0.2, 0.25) is 0 Å². The maximum absolute atomic E-state index is 9.86. The zero-order valence-corrected chi connectivity index (χ0v) is 9.86. The smallest absolute Gasteiger partial charge is 0.211 e. The monoisotopic (exact) mass is 207 g/mol. The molecule has 1 N–H and O–H groups in total. The normalized spacial score (nSPS) is 12.5. The Bertz CT molecular complexity index is 242. The molecule has 1 saturated carbocycles. The Balaban J connectivity index is 0.000000272. The standard InChI is InChI=1S/C7H7NO.C4H8.C2H6/c9-6-8-7-4-2-1-3-5-7;1-4-2-3-4;1-2/h1-6H,(H,8,9);4H,2-3H2,1H3;1-2H3. The van der Waals surface area contributed by atoms with Crippen LogP contribution >= 0.6 is 0 Å². The molecule has 1 aromatic rings. The Morgan fingerprint density at radius 2 is 1.67 bits per heavy atom. The molecule has 2 heteroatoms. The summed E-state index contributed by atoms with van der Waals surface area (Å²) >= 11 is 0. The molecule has 0 saturated heterocycles. The van der Waals surface area contributed by atoms with Gasteiger partial charge in [0.05, 0.1) is 0 Å². The van der Waals surface area contributed by atoms with Crippen molar-refractivity contribution in [3.8, 4) is 0 Å². The maximum atomic E-state index is 9.86. The highest BCUT2D eigenvalue weighted by molar-refractivity contribution is 5.70. The van der Waals surface area contributed by atoms with Gasteiger partial charge in [0.2, 0.25) is 6.41 Å². The SMILES string of the molecule is CC.CC1CC1.O=CNc1ccccc1.